The minimum Gasteiger partial charge on any atom is -0.352 e. The molecule has 0 radical (unpaired) electrons. The van der Waals surface area contributed by atoms with Crippen molar-refractivity contribution in [2.75, 3.05) is 13.1 Å². The van der Waals surface area contributed by atoms with Gasteiger partial charge in [0.25, 0.3) is 5.91 Å². The molecule has 0 spiro atoms. The van der Waals surface area contributed by atoms with E-state index in [0.29, 0.717) is 18.7 Å². The van der Waals surface area contributed by atoms with Crippen molar-refractivity contribution in [3.8, 4) is 0 Å². The quantitative estimate of drug-likeness (QED) is 0.765. The summed E-state index contributed by atoms with van der Waals surface area (Å²) in [6, 6.07) is 3.42. The second-order valence-electron chi connectivity index (χ2n) is 4.51. The number of pyridine rings is 1. The summed E-state index contributed by atoms with van der Waals surface area (Å²) < 4.78 is 0. The molecule has 0 atom stereocenters. The molecule has 17 heavy (non-hydrogen) atoms. The van der Waals surface area contributed by atoms with Gasteiger partial charge in [-0.15, -0.1) is 0 Å². The highest BCUT2D eigenvalue weighted by Crippen LogP contribution is 2.20. The Labute approximate surface area is 99.8 Å². The first-order valence-corrected chi connectivity index (χ1v) is 5.54. The van der Waals surface area contributed by atoms with Gasteiger partial charge in [-0.05, 0) is 26.0 Å². The zero-order valence-electron chi connectivity index (χ0n) is 9.93. The summed E-state index contributed by atoms with van der Waals surface area (Å²) in [5, 5.41) is 2.76. The second kappa shape index (κ2) is 4.16. The van der Waals surface area contributed by atoms with Crippen LogP contribution >= 0.6 is 0 Å². The van der Waals surface area contributed by atoms with Gasteiger partial charge in [-0.1, -0.05) is 0 Å². The molecule has 5 nitrogen and oxygen atoms in total. The van der Waals surface area contributed by atoms with Crippen molar-refractivity contribution in [2.45, 2.75) is 19.4 Å². The Morgan fingerprint density at radius 3 is 2.94 bits per heavy atom. The maximum atomic E-state index is 12.3. The van der Waals surface area contributed by atoms with Crippen LogP contribution in [0, 0.1) is 0 Å². The van der Waals surface area contributed by atoms with Crippen LogP contribution in [0.5, 0.6) is 0 Å². The molecular weight excluding hydrogens is 218 g/mol. The van der Waals surface area contributed by atoms with Crippen molar-refractivity contribution in [3.05, 3.63) is 30.1 Å². The van der Waals surface area contributed by atoms with E-state index < -0.39 is 5.54 Å². The Morgan fingerprint density at radius 2 is 2.29 bits per heavy atom. The highest BCUT2D eigenvalue weighted by atomic mass is 16.2. The number of aromatic nitrogens is 1. The van der Waals surface area contributed by atoms with E-state index in [-0.39, 0.29) is 11.8 Å². The Bertz CT molecular complexity index is 442. The monoisotopic (exact) mass is 233 g/mol. The van der Waals surface area contributed by atoms with E-state index in [9.17, 15) is 9.59 Å². The van der Waals surface area contributed by atoms with Crippen LogP contribution < -0.4 is 5.32 Å². The molecule has 2 amide bonds. The summed E-state index contributed by atoms with van der Waals surface area (Å²) in [5.41, 5.74) is -0.305. The lowest BCUT2D eigenvalue weighted by Gasteiger charge is -2.41. The molecule has 0 unspecified atom stereocenters. The van der Waals surface area contributed by atoms with E-state index >= 15 is 0 Å². The van der Waals surface area contributed by atoms with Gasteiger partial charge < -0.3 is 10.2 Å². The van der Waals surface area contributed by atoms with Gasteiger partial charge in [0.1, 0.15) is 5.54 Å². The minimum atomic E-state index is -0.814. The fraction of sp³-hybridized carbons (Fsp3) is 0.417. The van der Waals surface area contributed by atoms with Crippen LogP contribution in [-0.4, -0.2) is 40.3 Å². The van der Waals surface area contributed by atoms with E-state index in [1.165, 1.54) is 6.20 Å². The summed E-state index contributed by atoms with van der Waals surface area (Å²) in [6.45, 7) is 4.51. The van der Waals surface area contributed by atoms with Gasteiger partial charge in [0.2, 0.25) is 5.91 Å². The highest BCUT2D eigenvalue weighted by Gasteiger charge is 2.40. The molecule has 1 saturated heterocycles. The topological polar surface area (TPSA) is 62.3 Å². The molecule has 90 valence electrons. The van der Waals surface area contributed by atoms with Gasteiger partial charge in [0.05, 0.1) is 5.56 Å². The fourth-order valence-corrected chi connectivity index (χ4v) is 1.90. The molecular formula is C12H15N3O2. The molecule has 2 rings (SSSR count). The van der Waals surface area contributed by atoms with Crippen LogP contribution in [0.3, 0.4) is 0 Å². The van der Waals surface area contributed by atoms with Crippen molar-refractivity contribution in [2.24, 2.45) is 0 Å². The normalized spacial score (nSPS) is 18.7. The lowest BCUT2D eigenvalue weighted by molar-refractivity contribution is -0.133. The van der Waals surface area contributed by atoms with Crippen LogP contribution in [0.15, 0.2) is 24.5 Å². The number of amides is 2. The predicted molar refractivity (Wildman–Crippen MR) is 62.4 cm³/mol. The van der Waals surface area contributed by atoms with Gasteiger partial charge in [0, 0.05) is 25.5 Å². The zero-order valence-corrected chi connectivity index (χ0v) is 9.93. The largest absolute Gasteiger partial charge is 0.352 e. The van der Waals surface area contributed by atoms with E-state index in [0.717, 1.165) is 0 Å². The number of nitrogens with zero attached hydrogens (tertiary/aromatic N) is 2. The molecule has 1 aliphatic heterocycles. The summed E-state index contributed by atoms with van der Waals surface area (Å²) >= 11 is 0. The van der Waals surface area contributed by atoms with Crippen molar-refractivity contribution in [3.63, 3.8) is 0 Å². The fourth-order valence-electron chi connectivity index (χ4n) is 1.90. The van der Waals surface area contributed by atoms with Crippen molar-refractivity contribution in [1.29, 1.82) is 0 Å². The molecule has 1 fully saturated rings. The van der Waals surface area contributed by atoms with Gasteiger partial charge in [0.15, 0.2) is 0 Å². The Hall–Kier alpha value is -1.91. The van der Waals surface area contributed by atoms with Crippen molar-refractivity contribution < 1.29 is 9.59 Å². The van der Waals surface area contributed by atoms with Crippen LogP contribution in [0.1, 0.15) is 24.2 Å². The van der Waals surface area contributed by atoms with Crippen LogP contribution in [0.2, 0.25) is 0 Å². The van der Waals surface area contributed by atoms with E-state index in [2.05, 4.69) is 10.3 Å². The lowest BCUT2D eigenvalue weighted by Crippen LogP contribution is -2.63. The zero-order chi connectivity index (χ0) is 12.5. The molecule has 1 aromatic heterocycles. The van der Waals surface area contributed by atoms with E-state index in [4.69, 9.17) is 0 Å². The molecule has 0 aromatic carbocycles. The standard InChI is InChI=1S/C12H15N3O2/c1-12(2)11(17)14-6-7-15(12)10(16)9-4-3-5-13-8-9/h3-5,8H,6-7H2,1-2H3,(H,14,17). The number of hydrogen-bond acceptors (Lipinski definition) is 3. The van der Waals surface area contributed by atoms with Gasteiger partial charge in [-0.2, -0.15) is 0 Å². The number of rotatable bonds is 1. The SMILES string of the molecule is CC1(C)C(=O)NCCN1C(=O)c1cccnc1. The average Bonchev–Trinajstić information content (AvgIpc) is 2.33. The first kappa shape index (κ1) is 11.6. The third kappa shape index (κ3) is 2.00. The summed E-state index contributed by atoms with van der Waals surface area (Å²) in [4.78, 5) is 29.5. The molecule has 1 aromatic rings. The number of carbonyl (C=O) groups excluding carboxylic acids is 2. The number of piperazine rings is 1. The Balaban J connectivity index is 2.28. The number of nitrogens with one attached hydrogen (secondary N) is 1. The molecule has 1 aliphatic rings. The van der Waals surface area contributed by atoms with Crippen molar-refractivity contribution >= 4 is 11.8 Å². The molecule has 1 N–H and O–H groups in total. The first-order valence-electron chi connectivity index (χ1n) is 5.54. The maximum absolute atomic E-state index is 12.3. The summed E-state index contributed by atoms with van der Waals surface area (Å²) in [6.07, 6.45) is 3.13. The van der Waals surface area contributed by atoms with Gasteiger partial charge in [-0.25, -0.2) is 0 Å². The Morgan fingerprint density at radius 1 is 1.53 bits per heavy atom. The summed E-state index contributed by atoms with van der Waals surface area (Å²) in [7, 11) is 0. The van der Waals surface area contributed by atoms with Gasteiger partial charge >= 0.3 is 0 Å². The van der Waals surface area contributed by atoms with E-state index in [1.54, 1.807) is 37.1 Å². The maximum Gasteiger partial charge on any atom is 0.256 e. The van der Waals surface area contributed by atoms with Gasteiger partial charge in [-0.3, -0.25) is 14.6 Å². The Kier molecular flexibility index (Phi) is 2.83. The van der Waals surface area contributed by atoms with Crippen LogP contribution in [0.25, 0.3) is 0 Å². The first-order chi connectivity index (χ1) is 8.03. The van der Waals surface area contributed by atoms with Crippen molar-refractivity contribution in [1.82, 2.24) is 15.2 Å². The highest BCUT2D eigenvalue weighted by molar-refractivity contribution is 5.99. The third-order valence-electron chi connectivity index (χ3n) is 3.01. The van der Waals surface area contributed by atoms with Crippen LogP contribution in [0.4, 0.5) is 0 Å². The lowest BCUT2D eigenvalue weighted by atomic mass is 9.98. The molecule has 0 saturated carbocycles. The molecule has 2 heterocycles. The molecule has 5 heteroatoms. The third-order valence-corrected chi connectivity index (χ3v) is 3.01. The predicted octanol–water partition coefficient (Wildman–Crippen LogP) is 0.432. The average molecular weight is 233 g/mol. The minimum absolute atomic E-state index is 0.124. The second-order valence-corrected chi connectivity index (χ2v) is 4.51. The van der Waals surface area contributed by atoms with E-state index in [1.807, 2.05) is 0 Å². The molecule has 0 bridgehead atoms. The van der Waals surface area contributed by atoms with Crippen LogP contribution in [-0.2, 0) is 4.79 Å². The number of hydrogen-bond donors (Lipinski definition) is 1. The molecule has 0 aliphatic carbocycles. The summed E-state index contributed by atoms with van der Waals surface area (Å²) in [5.74, 6) is -0.279. The smallest absolute Gasteiger partial charge is 0.256 e. The number of carbonyl (C=O) groups is 2.